The van der Waals surface area contributed by atoms with Gasteiger partial charge >= 0.3 is 0 Å². The van der Waals surface area contributed by atoms with Crippen LogP contribution in [0.1, 0.15) is 17.0 Å². The number of allylic oxidation sites excluding steroid dienone is 1. The second-order valence-corrected chi connectivity index (χ2v) is 6.85. The number of hydrogen-bond donors (Lipinski definition) is 2. The number of aromatic nitrogens is 2. The molecule has 152 valence electrons. The molecule has 30 heavy (non-hydrogen) atoms. The Morgan fingerprint density at radius 2 is 1.97 bits per heavy atom. The number of ether oxygens (including phenoxy) is 3. The van der Waals surface area contributed by atoms with E-state index in [4.69, 9.17) is 31.5 Å². The van der Waals surface area contributed by atoms with Gasteiger partial charge in [0.15, 0.2) is 11.5 Å². The van der Waals surface area contributed by atoms with Crippen molar-refractivity contribution in [1.29, 1.82) is 5.26 Å². The first-order valence-corrected chi connectivity index (χ1v) is 9.20. The van der Waals surface area contributed by atoms with Gasteiger partial charge in [0.2, 0.25) is 11.8 Å². The van der Waals surface area contributed by atoms with Crippen LogP contribution in [0.4, 0.5) is 4.39 Å². The van der Waals surface area contributed by atoms with Crippen LogP contribution < -0.4 is 19.9 Å². The lowest BCUT2D eigenvalue weighted by molar-refractivity contribution is 0.355. The van der Waals surface area contributed by atoms with E-state index < -0.39 is 11.7 Å². The Morgan fingerprint density at radius 3 is 2.63 bits per heavy atom. The average molecular weight is 427 g/mol. The molecule has 9 heteroatoms. The zero-order valence-corrected chi connectivity index (χ0v) is 16.7. The Bertz CT molecular complexity index is 1200. The molecule has 2 heterocycles. The summed E-state index contributed by atoms with van der Waals surface area (Å²) in [5, 5.41) is 17.0. The van der Waals surface area contributed by atoms with Crippen LogP contribution in [-0.2, 0) is 0 Å². The van der Waals surface area contributed by atoms with Gasteiger partial charge in [-0.05, 0) is 30.3 Å². The molecule has 1 aliphatic rings. The van der Waals surface area contributed by atoms with Crippen molar-refractivity contribution < 1.29 is 18.6 Å². The highest BCUT2D eigenvalue weighted by Crippen LogP contribution is 2.48. The highest BCUT2D eigenvalue weighted by Gasteiger charge is 2.38. The first kappa shape index (κ1) is 19.6. The molecule has 0 aliphatic carbocycles. The molecule has 0 amide bonds. The van der Waals surface area contributed by atoms with E-state index in [9.17, 15) is 9.65 Å². The van der Waals surface area contributed by atoms with Crippen LogP contribution >= 0.6 is 11.6 Å². The van der Waals surface area contributed by atoms with Gasteiger partial charge in [-0.25, -0.2) is 4.39 Å². The van der Waals surface area contributed by atoms with Crippen LogP contribution in [0.3, 0.4) is 0 Å². The standard InChI is InChI=1S/C21H16ClFN4O3/c1-28-14-7-6-10(8-15(14)29-2)19-18-16(17-12(22)4-3-5-13(17)23)11(9-24)20(25)30-21(18)27-26-19/h3-8,16H,25H2,1-2H3,(H,26,27). The van der Waals surface area contributed by atoms with Crippen molar-refractivity contribution in [1.82, 2.24) is 10.2 Å². The molecule has 4 rings (SSSR count). The maximum atomic E-state index is 14.9. The number of rotatable bonds is 4. The first-order chi connectivity index (χ1) is 14.5. The maximum absolute atomic E-state index is 14.9. The molecule has 7 nitrogen and oxygen atoms in total. The van der Waals surface area contributed by atoms with Gasteiger partial charge in [-0.2, -0.15) is 5.26 Å². The van der Waals surface area contributed by atoms with Crippen molar-refractivity contribution in [3.05, 3.63) is 69.8 Å². The van der Waals surface area contributed by atoms with Crippen LogP contribution in [-0.4, -0.2) is 24.4 Å². The molecular formula is C21H16ClFN4O3. The summed E-state index contributed by atoms with van der Waals surface area (Å²) < 4.78 is 31.1. The van der Waals surface area contributed by atoms with E-state index in [0.717, 1.165) is 0 Å². The number of nitrogens with one attached hydrogen (secondary N) is 1. The second kappa shape index (κ2) is 7.61. The monoisotopic (exact) mass is 426 g/mol. The van der Waals surface area contributed by atoms with Gasteiger partial charge in [0.1, 0.15) is 17.5 Å². The molecule has 0 spiro atoms. The number of nitrogens with two attached hydrogens (primary N) is 1. The van der Waals surface area contributed by atoms with Gasteiger partial charge < -0.3 is 19.9 Å². The average Bonchev–Trinajstić information content (AvgIpc) is 3.16. The van der Waals surface area contributed by atoms with Gasteiger partial charge in [-0.15, -0.1) is 5.10 Å². The molecule has 2 aromatic carbocycles. The molecule has 0 saturated carbocycles. The summed E-state index contributed by atoms with van der Waals surface area (Å²) in [6.07, 6.45) is 0. The number of nitrogens with zero attached hydrogens (tertiary/aromatic N) is 2. The van der Waals surface area contributed by atoms with E-state index in [1.165, 1.54) is 26.4 Å². The van der Waals surface area contributed by atoms with E-state index in [1.807, 2.05) is 6.07 Å². The Kier molecular flexibility index (Phi) is 4.98. The van der Waals surface area contributed by atoms with Gasteiger partial charge in [0.25, 0.3) is 0 Å². The molecule has 3 aromatic rings. The number of hydrogen-bond acceptors (Lipinski definition) is 6. The third-order valence-electron chi connectivity index (χ3n) is 4.90. The van der Waals surface area contributed by atoms with E-state index in [0.29, 0.717) is 28.3 Å². The van der Waals surface area contributed by atoms with Crippen molar-refractivity contribution in [3.8, 4) is 34.7 Å². The minimum Gasteiger partial charge on any atom is -0.493 e. The minimum absolute atomic E-state index is 0.0395. The molecule has 1 atom stereocenters. The molecule has 1 aromatic heterocycles. The predicted octanol–water partition coefficient (Wildman–Crippen LogP) is 4.10. The zero-order valence-electron chi connectivity index (χ0n) is 16.0. The van der Waals surface area contributed by atoms with Crippen LogP contribution in [0.15, 0.2) is 47.9 Å². The minimum atomic E-state index is -0.908. The summed E-state index contributed by atoms with van der Waals surface area (Å²) in [7, 11) is 3.05. The molecular weight excluding hydrogens is 411 g/mol. The number of fused-ring (bicyclic) bond motifs is 1. The normalized spacial score (nSPS) is 15.2. The van der Waals surface area contributed by atoms with Gasteiger partial charge in [-0.3, -0.25) is 5.10 Å². The Morgan fingerprint density at radius 1 is 1.20 bits per heavy atom. The summed E-state index contributed by atoms with van der Waals surface area (Å²) in [5.41, 5.74) is 7.72. The first-order valence-electron chi connectivity index (χ1n) is 8.82. The lowest BCUT2D eigenvalue weighted by atomic mass is 9.82. The fraction of sp³-hybridized carbons (Fsp3) is 0.143. The molecule has 1 unspecified atom stereocenters. The van der Waals surface area contributed by atoms with Gasteiger partial charge in [-0.1, -0.05) is 17.7 Å². The number of halogens is 2. The lowest BCUT2D eigenvalue weighted by Gasteiger charge is -2.25. The third kappa shape index (κ3) is 3.00. The van der Waals surface area contributed by atoms with E-state index >= 15 is 0 Å². The number of H-pyrrole nitrogens is 1. The fourth-order valence-corrected chi connectivity index (χ4v) is 3.80. The summed E-state index contributed by atoms with van der Waals surface area (Å²) in [6.45, 7) is 0. The summed E-state index contributed by atoms with van der Waals surface area (Å²) in [6, 6.07) is 11.6. The SMILES string of the molecule is COc1ccc(-c2[nH]nc3c2C(c2c(F)cccc2Cl)C(C#N)=C(N)O3)cc1OC. The van der Waals surface area contributed by atoms with Crippen LogP contribution in [0.2, 0.25) is 5.02 Å². The number of benzene rings is 2. The molecule has 3 N–H and O–H groups in total. The van der Waals surface area contributed by atoms with Gasteiger partial charge in [0, 0.05) is 16.1 Å². The Balaban J connectivity index is 1.98. The zero-order chi connectivity index (χ0) is 21.4. The van der Waals surface area contributed by atoms with Crippen molar-refractivity contribution in [2.24, 2.45) is 5.73 Å². The van der Waals surface area contributed by atoms with E-state index in [2.05, 4.69) is 10.2 Å². The molecule has 0 saturated heterocycles. The Hall–Kier alpha value is -3.70. The molecule has 1 aliphatic heterocycles. The third-order valence-corrected chi connectivity index (χ3v) is 5.23. The Labute approximate surface area is 176 Å². The largest absolute Gasteiger partial charge is 0.493 e. The van der Waals surface area contributed by atoms with Gasteiger partial charge in [0.05, 0.1) is 31.4 Å². The van der Waals surface area contributed by atoms with Crippen LogP contribution in [0.25, 0.3) is 11.3 Å². The van der Waals surface area contributed by atoms with Crippen molar-refractivity contribution in [2.45, 2.75) is 5.92 Å². The van der Waals surface area contributed by atoms with Crippen molar-refractivity contribution in [2.75, 3.05) is 14.2 Å². The predicted molar refractivity (Wildman–Crippen MR) is 108 cm³/mol. The maximum Gasteiger partial charge on any atom is 0.244 e. The van der Waals surface area contributed by atoms with Crippen LogP contribution in [0, 0.1) is 17.1 Å². The number of aromatic amines is 1. The number of methoxy groups -OCH3 is 2. The highest BCUT2D eigenvalue weighted by molar-refractivity contribution is 6.31. The van der Waals surface area contributed by atoms with Crippen molar-refractivity contribution >= 4 is 11.6 Å². The van der Waals surface area contributed by atoms with E-state index in [1.54, 1.807) is 24.3 Å². The quantitative estimate of drug-likeness (QED) is 0.650. The lowest BCUT2D eigenvalue weighted by Crippen LogP contribution is -2.21. The van der Waals surface area contributed by atoms with E-state index in [-0.39, 0.29) is 27.9 Å². The van der Waals surface area contributed by atoms with Crippen LogP contribution in [0.5, 0.6) is 17.4 Å². The fourth-order valence-electron chi connectivity index (χ4n) is 3.53. The molecule has 0 bridgehead atoms. The number of nitriles is 1. The summed E-state index contributed by atoms with van der Waals surface area (Å²) in [4.78, 5) is 0. The molecule has 0 radical (unpaired) electrons. The topological polar surface area (TPSA) is 106 Å². The smallest absolute Gasteiger partial charge is 0.244 e. The highest BCUT2D eigenvalue weighted by atomic mass is 35.5. The summed E-state index contributed by atoms with van der Waals surface area (Å²) in [5.74, 6) is -0.456. The second-order valence-electron chi connectivity index (χ2n) is 6.45. The molecule has 0 fully saturated rings. The van der Waals surface area contributed by atoms with Crippen molar-refractivity contribution in [3.63, 3.8) is 0 Å². The summed E-state index contributed by atoms with van der Waals surface area (Å²) >= 11 is 6.33.